The van der Waals surface area contributed by atoms with Crippen molar-refractivity contribution in [1.29, 1.82) is 5.26 Å². The standard InChI is InChI=1S/C19H17N3O6S/c1-26-15-11-13(4-6-14(15)27-9-8-20)5-7-18(24)28-12-17(23)21-22-19(25)16-3-2-10-29-16/h2-7,10-11H,9,12H2,1H3,(H,21,23)(H,22,25). The highest BCUT2D eigenvalue weighted by molar-refractivity contribution is 7.12. The third-order valence-corrected chi connectivity index (χ3v) is 4.17. The number of ether oxygens (including phenoxy) is 3. The lowest BCUT2D eigenvalue weighted by molar-refractivity contribution is -0.144. The molecular formula is C19H17N3O6S. The normalized spacial score (nSPS) is 10.1. The van der Waals surface area contributed by atoms with E-state index >= 15 is 0 Å². The average Bonchev–Trinajstić information content (AvgIpc) is 3.28. The van der Waals surface area contributed by atoms with Gasteiger partial charge in [-0.1, -0.05) is 12.1 Å². The van der Waals surface area contributed by atoms with Crippen LogP contribution in [0, 0.1) is 11.3 Å². The lowest BCUT2D eigenvalue weighted by atomic mass is 10.2. The summed E-state index contributed by atoms with van der Waals surface area (Å²) in [6.07, 6.45) is 2.61. The topological polar surface area (TPSA) is 127 Å². The minimum Gasteiger partial charge on any atom is -0.493 e. The molecule has 0 aliphatic heterocycles. The van der Waals surface area contributed by atoms with E-state index in [1.54, 1.807) is 35.7 Å². The number of hydrazine groups is 1. The first-order valence-corrected chi connectivity index (χ1v) is 9.06. The smallest absolute Gasteiger partial charge is 0.331 e. The molecule has 0 saturated carbocycles. The maximum atomic E-state index is 11.7. The minimum absolute atomic E-state index is 0.117. The number of benzene rings is 1. The van der Waals surface area contributed by atoms with Gasteiger partial charge in [0.05, 0.1) is 12.0 Å². The summed E-state index contributed by atoms with van der Waals surface area (Å²) >= 11 is 1.22. The quantitative estimate of drug-likeness (QED) is 0.381. The lowest BCUT2D eigenvalue weighted by Crippen LogP contribution is -2.43. The zero-order valence-corrected chi connectivity index (χ0v) is 16.2. The molecule has 1 heterocycles. The second-order valence-electron chi connectivity index (χ2n) is 5.28. The molecule has 0 spiro atoms. The van der Waals surface area contributed by atoms with Crippen molar-refractivity contribution in [3.63, 3.8) is 0 Å². The van der Waals surface area contributed by atoms with Crippen LogP contribution in [0.25, 0.3) is 6.08 Å². The van der Waals surface area contributed by atoms with Gasteiger partial charge in [0.25, 0.3) is 11.8 Å². The van der Waals surface area contributed by atoms with E-state index in [1.807, 2.05) is 6.07 Å². The van der Waals surface area contributed by atoms with Crippen LogP contribution in [-0.2, 0) is 14.3 Å². The van der Waals surface area contributed by atoms with Gasteiger partial charge in [-0.05, 0) is 35.2 Å². The minimum atomic E-state index is -0.742. The van der Waals surface area contributed by atoms with Crippen molar-refractivity contribution < 1.29 is 28.6 Å². The highest BCUT2D eigenvalue weighted by Crippen LogP contribution is 2.28. The van der Waals surface area contributed by atoms with Crippen LogP contribution in [-0.4, -0.2) is 38.1 Å². The van der Waals surface area contributed by atoms with Crippen molar-refractivity contribution in [1.82, 2.24) is 10.9 Å². The van der Waals surface area contributed by atoms with Crippen molar-refractivity contribution in [3.8, 4) is 17.6 Å². The third kappa shape index (κ3) is 7.00. The second kappa shape index (κ2) is 11.1. The van der Waals surface area contributed by atoms with E-state index in [-0.39, 0.29) is 6.61 Å². The Morgan fingerprint density at radius 3 is 2.72 bits per heavy atom. The van der Waals surface area contributed by atoms with Crippen molar-refractivity contribution in [2.75, 3.05) is 20.3 Å². The Morgan fingerprint density at radius 2 is 2.03 bits per heavy atom. The number of nitrogens with zero attached hydrogens (tertiary/aromatic N) is 1. The molecule has 0 unspecified atom stereocenters. The number of amides is 2. The van der Waals surface area contributed by atoms with Crippen LogP contribution in [0.3, 0.4) is 0 Å². The van der Waals surface area contributed by atoms with Gasteiger partial charge in [-0.25, -0.2) is 4.79 Å². The summed E-state index contributed by atoms with van der Waals surface area (Å²) in [6, 6.07) is 10.0. The van der Waals surface area contributed by atoms with E-state index in [1.165, 1.54) is 24.5 Å². The summed E-state index contributed by atoms with van der Waals surface area (Å²) in [5.41, 5.74) is 4.99. The lowest BCUT2D eigenvalue weighted by Gasteiger charge is -2.08. The summed E-state index contributed by atoms with van der Waals surface area (Å²) in [5.74, 6) is -1.09. The van der Waals surface area contributed by atoms with Gasteiger partial charge in [-0.2, -0.15) is 5.26 Å². The molecule has 1 aromatic carbocycles. The Hall–Kier alpha value is -3.84. The Morgan fingerprint density at radius 1 is 1.21 bits per heavy atom. The highest BCUT2D eigenvalue weighted by Gasteiger charge is 2.09. The van der Waals surface area contributed by atoms with Crippen LogP contribution < -0.4 is 20.3 Å². The molecule has 0 fully saturated rings. The fraction of sp³-hybridized carbons (Fsp3) is 0.158. The van der Waals surface area contributed by atoms with E-state index in [4.69, 9.17) is 19.5 Å². The Kier molecular flexibility index (Phi) is 8.22. The fourth-order valence-electron chi connectivity index (χ4n) is 2.00. The molecule has 150 valence electrons. The summed E-state index contributed by atoms with van der Waals surface area (Å²) in [7, 11) is 1.45. The molecule has 0 radical (unpaired) electrons. The zero-order chi connectivity index (χ0) is 21.1. The van der Waals surface area contributed by atoms with Crippen molar-refractivity contribution >= 4 is 35.2 Å². The molecule has 0 aliphatic rings. The molecule has 1 aromatic heterocycles. The van der Waals surface area contributed by atoms with Crippen LogP contribution in [0.15, 0.2) is 41.8 Å². The second-order valence-corrected chi connectivity index (χ2v) is 6.23. The maximum Gasteiger partial charge on any atom is 0.331 e. The highest BCUT2D eigenvalue weighted by atomic mass is 32.1. The first-order valence-electron chi connectivity index (χ1n) is 8.18. The van der Waals surface area contributed by atoms with Crippen molar-refractivity contribution in [2.24, 2.45) is 0 Å². The summed E-state index contributed by atoms with van der Waals surface area (Å²) in [6.45, 7) is -0.675. The van der Waals surface area contributed by atoms with Crippen molar-refractivity contribution in [3.05, 3.63) is 52.2 Å². The molecule has 2 rings (SSSR count). The van der Waals surface area contributed by atoms with Crippen molar-refractivity contribution in [2.45, 2.75) is 0 Å². The first-order chi connectivity index (χ1) is 14.0. The summed E-state index contributed by atoms with van der Waals surface area (Å²) in [4.78, 5) is 35.5. The fourth-order valence-corrected chi connectivity index (χ4v) is 2.62. The average molecular weight is 415 g/mol. The molecule has 2 aromatic rings. The molecule has 2 N–H and O–H groups in total. The Labute approximate surface area is 170 Å². The Balaban J connectivity index is 1.79. The van der Waals surface area contributed by atoms with Gasteiger partial charge in [0.2, 0.25) is 0 Å². The number of thiophene rings is 1. The predicted octanol–water partition coefficient (Wildman–Crippen LogP) is 1.68. The van der Waals surface area contributed by atoms with Gasteiger partial charge in [0.1, 0.15) is 6.07 Å². The van der Waals surface area contributed by atoms with E-state index in [0.29, 0.717) is 21.9 Å². The molecule has 29 heavy (non-hydrogen) atoms. The number of rotatable bonds is 8. The van der Waals surface area contributed by atoms with Gasteiger partial charge in [0.15, 0.2) is 24.7 Å². The van der Waals surface area contributed by atoms with Gasteiger partial charge in [0, 0.05) is 6.08 Å². The SMILES string of the molecule is COc1cc(C=CC(=O)OCC(=O)NNC(=O)c2cccs2)ccc1OCC#N. The molecule has 0 saturated heterocycles. The molecule has 0 atom stereocenters. The van der Waals surface area contributed by atoms with E-state index in [2.05, 4.69) is 10.9 Å². The van der Waals surface area contributed by atoms with E-state index in [0.717, 1.165) is 6.08 Å². The summed E-state index contributed by atoms with van der Waals surface area (Å²) in [5, 5.41) is 10.3. The largest absolute Gasteiger partial charge is 0.493 e. The van der Waals surface area contributed by atoms with E-state index in [9.17, 15) is 14.4 Å². The summed E-state index contributed by atoms with van der Waals surface area (Å²) < 4.78 is 15.2. The zero-order valence-electron chi connectivity index (χ0n) is 15.3. The number of carbonyl (C=O) groups excluding carboxylic acids is 3. The number of hydrogen-bond acceptors (Lipinski definition) is 8. The molecule has 0 bridgehead atoms. The monoisotopic (exact) mass is 415 g/mol. The van der Waals surface area contributed by atoms with Gasteiger partial charge in [-0.15, -0.1) is 11.3 Å². The first kappa shape index (κ1) is 21.5. The predicted molar refractivity (Wildman–Crippen MR) is 104 cm³/mol. The number of esters is 1. The van der Waals surface area contributed by atoms with Gasteiger partial charge >= 0.3 is 5.97 Å². The number of nitrogens with one attached hydrogen (secondary N) is 2. The van der Waals surface area contributed by atoms with Crippen LogP contribution in [0.4, 0.5) is 0 Å². The maximum absolute atomic E-state index is 11.7. The molecular weight excluding hydrogens is 398 g/mol. The molecule has 0 aliphatic carbocycles. The molecule has 9 nitrogen and oxygen atoms in total. The van der Waals surface area contributed by atoms with Gasteiger partial charge in [-0.3, -0.25) is 20.4 Å². The van der Waals surface area contributed by atoms with E-state index < -0.39 is 24.4 Å². The number of hydrogen-bond donors (Lipinski definition) is 2. The molecule has 2 amide bonds. The number of carbonyl (C=O) groups is 3. The molecule has 10 heteroatoms. The van der Waals surface area contributed by atoms with Gasteiger partial charge < -0.3 is 14.2 Å². The van der Waals surface area contributed by atoms with Crippen LogP contribution in [0.5, 0.6) is 11.5 Å². The van der Waals surface area contributed by atoms with Crippen LogP contribution in [0.1, 0.15) is 15.2 Å². The number of nitriles is 1. The van der Waals surface area contributed by atoms with Crippen LogP contribution in [0.2, 0.25) is 0 Å². The van der Waals surface area contributed by atoms with Crippen LogP contribution >= 0.6 is 11.3 Å². The Bertz CT molecular complexity index is 934. The third-order valence-electron chi connectivity index (χ3n) is 3.30. The number of methoxy groups -OCH3 is 1.